The first-order valence-corrected chi connectivity index (χ1v) is 6.88. The lowest BCUT2D eigenvalue weighted by molar-refractivity contribution is -0.200. The van der Waals surface area contributed by atoms with E-state index in [1.807, 2.05) is 13.8 Å². The predicted molar refractivity (Wildman–Crippen MR) is 65.5 cm³/mol. The van der Waals surface area contributed by atoms with Gasteiger partial charge in [-0.2, -0.15) is 13.2 Å². The van der Waals surface area contributed by atoms with Crippen LogP contribution in [0.3, 0.4) is 0 Å². The number of likely N-dealkylation sites (N-methyl/N-ethyl adjacent to an activating group) is 1. The number of hydrogen-bond acceptors (Lipinski definition) is 2. The lowest BCUT2D eigenvalue weighted by Gasteiger charge is -2.38. The van der Waals surface area contributed by atoms with Crippen LogP contribution in [0.5, 0.6) is 0 Å². The summed E-state index contributed by atoms with van der Waals surface area (Å²) in [5, 5.41) is 3.16. The van der Waals surface area contributed by atoms with Gasteiger partial charge >= 0.3 is 6.18 Å². The number of halogens is 3. The zero-order valence-corrected chi connectivity index (χ0v) is 11.2. The van der Waals surface area contributed by atoms with E-state index < -0.39 is 12.1 Å². The van der Waals surface area contributed by atoms with Crippen LogP contribution in [0.1, 0.15) is 39.5 Å². The van der Waals surface area contributed by atoms with Crippen LogP contribution < -0.4 is 5.32 Å². The molecule has 0 amide bonds. The second kappa shape index (κ2) is 7.34. The summed E-state index contributed by atoms with van der Waals surface area (Å²) in [7, 11) is 0. The van der Waals surface area contributed by atoms with Crippen molar-refractivity contribution >= 4 is 0 Å². The summed E-state index contributed by atoms with van der Waals surface area (Å²) in [6.45, 7) is 5.39. The van der Waals surface area contributed by atoms with Gasteiger partial charge in [-0.25, -0.2) is 0 Å². The van der Waals surface area contributed by atoms with Crippen LogP contribution in [0.25, 0.3) is 0 Å². The summed E-state index contributed by atoms with van der Waals surface area (Å²) in [5.41, 5.74) is 0. The molecule has 0 aromatic heterocycles. The molecule has 1 aliphatic carbocycles. The molecule has 0 bridgehead atoms. The van der Waals surface area contributed by atoms with Gasteiger partial charge in [-0.3, -0.25) is 0 Å². The fraction of sp³-hybridized carbons (Fsp3) is 1.00. The van der Waals surface area contributed by atoms with Crippen LogP contribution in [0.4, 0.5) is 13.2 Å². The first kappa shape index (κ1) is 15.8. The van der Waals surface area contributed by atoms with E-state index in [0.29, 0.717) is 32.6 Å². The Bertz CT molecular complexity index is 233. The Hall–Kier alpha value is -0.290. The molecule has 1 N–H and O–H groups in total. The molecular weight excluding hydrogens is 243 g/mol. The molecule has 0 aromatic carbocycles. The number of alkyl halides is 3. The van der Waals surface area contributed by atoms with Gasteiger partial charge in [0.15, 0.2) is 0 Å². The van der Waals surface area contributed by atoms with Gasteiger partial charge in [-0.05, 0) is 32.2 Å². The molecule has 2 nitrogen and oxygen atoms in total. The third kappa shape index (κ3) is 4.43. The molecule has 0 heterocycles. The molecule has 1 aliphatic rings. The maximum atomic E-state index is 13.0. The van der Waals surface area contributed by atoms with E-state index in [0.717, 1.165) is 6.42 Å². The van der Waals surface area contributed by atoms with Crippen LogP contribution in [-0.4, -0.2) is 32.0 Å². The van der Waals surface area contributed by atoms with Crippen molar-refractivity contribution in [3.8, 4) is 0 Å². The van der Waals surface area contributed by atoms with Crippen LogP contribution in [-0.2, 0) is 4.74 Å². The van der Waals surface area contributed by atoms with Gasteiger partial charge in [0, 0.05) is 12.6 Å². The molecule has 18 heavy (non-hydrogen) atoms. The van der Waals surface area contributed by atoms with E-state index >= 15 is 0 Å². The standard InChI is InChI=1S/C13H24F3NO/c1-3-17-12(9-18-4-2)10-7-5-6-8-11(10)13(14,15)16/h10-12,17H,3-9H2,1-2H3. The molecule has 1 rings (SSSR count). The van der Waals surface area contributed by atoms with Crippen molar-refractivity contribution in [3.63, 3.8) is 0 Å². The van der Waals surface area contributed by atoms with Crippen molar-refractivity contribution in [3.05, 3.63) is 0 Å². The average Bonchev–Trinajstić information content (AvgIpc) is 2.33. The lowest BCUT2D eigenvalue weighted by atomic mass is 9.75. The summed E-state index contributed by atoms with van der Waals surface area (Å²) in [6.07, 6.45) is -1.58. The fourth-order valence-corrected chi connectivity index (χ4v) is 2.89. The quantitative estimate of drug-likeness (QED) is 0.796. The molecule has 0 aliphatic heterocycles. The minimum atomic E-state index is -4.08. The molecule has 5 heteroatoms. The zero-order valence-electron chi connectivity index (χ0n) is 11.2. The van der Waals surface area contributed by atoms with Gasteiger partial charge in [0.1, 0.15) is 0 Å². The van der Waals surface area contributed by atoms with Gasteiger partial charge in [-0.15, -0.1) is 0 Å². The van der Waals surface area contributed by atoms with Crippen molar-refractivity contribution in [2.45, 2.75) is 51.7 Å². The molecule has 0 spiro atoms. The molecule has 0 saturated heterocycles. The molecule has 1 fully saturated rings. The number of rotatable bonds is 6. The van der Waals surface area contributed by atoms with Gasteiger partial charge in [0.25, 0.3) is 0 Å². The molecule has 3 unspecified atom stereocenters. The SMILES string of the molecule is CCNC(COCC)C1CCCCC1C(F)(F)F. The Morgan fingerprint density at radius 3 is 2.44 bits per heavy atom. The summed E-state index contributed by atoms with van der Waals surface area (Å²) in [4.78, 5) is 0. The number of nitrogens with one attached hydrogen (secondary N) is 1. The highest BCUT2D eigenvalue weighted by molar-refractivity contribution is 4.88. The first-order chi connectivity index (χ1) is 8.50. The smallest absolute Gasteiger partial charge is 0.380 e. The lowest BCUT2D eigenvalue weighted by Crippen LogP contribution is -2.48. The van der Waals surface area contributed by atoms with Crippen molar-refractivity contribution in [1.82, 2.24) is 5.32 Å². The number of ether oxygens (including phenoxy) is 1. The van der Waals surface area contributed by atoms with Gasteiger partial charge in [0.05, 0.1) is 12.5 Å². The molecule has 3 atom stereocenters. The first-order valence-electron chi connectivity index (χ1n) is 6.88. The van der Waals surface area contributed by atoms with Crippen LogP contribution >= 0.6 is 0 Å². The largest absolute Gasteiger partial charge is 0.392 e. The molecule has 0 aromatic rings. The van der Waals surface area contributed by atoms with E-state index in [2.05, 4.69) is 5.32 Å². The third-order valence-corrected chi connectivity index (χ3v) is 3.72. The highest BCUT2D eigenvalue weighted by Crippen LogP contribution is 2.42. The van der Waals surface area contributed by atoms with Crippen molar-refractivity contribution < 1.29 is 17.9 Å². The fourth-order valence-electron chi connectivity index (χ4n) is 2.89. The Morgan fingerprint density at radius 2 is 1.89 bits per heavy atom. The molecule has 0 radical (unpaired) electrons. The zero-order chi connectivity index (χ0) is 13.6. The monoisotopic (exact) mass is 267 g/mol. The van der Waals surface area contributed by atoms with Crippen LogP contribution in [0, 0.1) is 11.8 Å². The second-order valence-electron chi connectivity index (χ2n) is 4.92. The van der Waals surface area contributed by atoms with Crippen molar-refractivity contribution in [2.24, 2.45) is 11.8 Å². The van der Waals surface area contributed by atoms with Crippen LogP contribution in [0.15, 0.2) is 0 Å². The second-order valence-corrected chi connectivity index (χ2v) is 4.92. The van der Waals surface area contributed by atoms with E-state index in [-0.39, 0.29) is 18.4 Å². The minimum absolute atomic E-state index is 0.179. The number of hydrogen-bond donors (Lipinski definition) is 1. The van der Waals surface area contributed by atoms with Gasteiger partial charge < -0.3 is 10.1 Å². The highest BCUT2D eigenvalue weighted by atomic mass is 19.4. The summed E-state index contributed by atoms with van der Waals surface area (Å²) in [6, 6.07) is -0.179. The predicted octanol–water partition coefficient (Wildman–Crippen LogP) is 3.37. The average molecular weight is 267 g/mol. The maximum absolute atomic E-state index is 13.0. The Labute approximate surface area is 107 Å². The topological polar surface area (TPSA) is 21.3 Å². The van der Waals surface area contributed by atoms with Gasteiger partial charge in [0.2, 0.25) is 0 Å². The molecule has 108 valence electrons. The highest BCUT2D eigenvalue weighted by Gasteiger charge is 2.47. The Morgan fingerprint density at radius 1 is 1.22 bits per heavy atom. The Balaban J connectivity index is 2.71. The van der Waals surface area contributed by atoms with E-state index in [4.69, 9.17) is 4.74 Å². The maximum Gasteiger partial charge on any atom is 0.392 e. The van der Waals surface area contributed by atoms with Crippen molar-refractivity contribution in [1.29, 1.82) is 0 Å². The van der Waals surface area contributed by atoms with E-state index in [1.54, 1.807) is 0 Å². The van der Waals surface area contributed by atoms with Crippen molar-refractivity contribution in [2.75, 3.05) is 19.8 Å². The summed E-state index contributed by atoms with van der Waals surface area (Å²) in [5.74, 6) is -1.51. The normalized spacial score (nSPS) is 27.2. The third-order valence-electron chi connectivity index (χ3n) is 3.72. The Kier molecular flexibility index (Phi) is 6.43. The molecular formula is C13H24F3NO. The summed E-state index contributed by atoms with van der Waals surface area (Å²) >= 11 is 0. The van der Waals surface area contributed by atoms with E-state index in [1.165, 1.54) is 0 Å². The minimum Gasteiger partial charge on any atom is -0.380 e. The van der Waals surface area contributed by atoms with E-state index in [9.17, 15) is 13.2 Å². The van der Waals surface area contributed by atoms with Crippen LogP contribution in [0.2, 0.25) is 0 Å². The van der Waals surface area contributed by atoms with Gasteiger partial charge in [-0.1, -0.05) is 19.8 Å². The molecule has 1 saturated carbocycles. The summed E-state index contributed by atoms with van der Waals surface area (Å²) < 4.78 is 44.5.